The summed E-state index contributed by atoms with van der Waals surface area (Å²) in [5.74, 6) is 1.80. The molecule has 24 heavy (non-hydrogen) atoms. The summed E-state index contributed by atoms with van der Waals surface area (Å²) in [6, 6.07) is 7.41. The van der Waals surface area contributed by atoms with Gasteiger partial charge in [-0.1, -0.05) is 0 Å². The Morgan fingerprint density at radius 2 is 1.83 bits per heavy atom. The van der Waals surface area contributed by atoms with Crippen molar-refractivity contribution in [2.75, 3.05) is 33.8 Å². The highest BCUT2D eigenvalue weighted by molar-refractivity contribution is 5.78. The highest BCUT2D eigenvalue weighted by Crippen LogP contribution is 2.21. The summed E-state index contributed by atoms with van der Waals surface area (Å²) in [6.07, 6.45) is 0. The Bertz CT molecular complexity index is 650. The smallest absolute Gasteiger partial charge is 0.247 e. The van der Waals surface area contributed by atoms with Crippen molar-refractivity contribution in [3.63, 3.8) is 0 Å². The van der Waals surface area contributed by atoms with Crippen LogP contribution in [0.15, 0.2) is 28.7 Å². The number of likely N-dealkylation sites (N-methyl/N-ethyl adjacent to an activating group) is 2. The van der Waals surface area contributed by atoms with Crippen molar-refractivity contribution in [2.24, 2.45) is 0 Å². The second-order valence-electron chi connectivity index (χ2n) is 5.47. The monoisotopic (exact) mass is 332 g/mol. The third-order valence-corrected chi connectivity index (χ3v) is 3.73. The highest BCUT2D eigenvalue weighted by Gasteiger charge is 2.15. The van der Waals surface area contributed by atoms with Gasteiger partial charge in [0.15, 0.2) is 0 Å². The molecule has 0 spiro atoms. The lowest BCUT2D eigenvalue weighted by Crippen LogP contribution is -2.38. The number of carbonyl (C=O) groups is 1. The predicted molar refractivity (Wildman–Crippen MR) is 90.5 cm³/mol. The summed E-state index contributed by atoms with van der Waals surface area (Å²) in [5.41, 5.74) is 0.830. The number of hydrogen-bond donors (Lipinski definition) is 0. The van der Waals surface area contributed by atoms with E-state index in [9.17, 15) is 4.79 Å². The summed E-state index contributed by atoms with van der Waals surface area (Å²) < 4.78 is 10.8. The molecule has 0 saturated heterocycles. The van der Waals surface area contributed by atoms with Crippen LogP contribution in [0.25, 0.3) is 11.5 Å². The molecule has 0 N–H and O–H groups in total. The molecule has 0 bridgehead atoms. The van der Waals surface area contributed by atoms with Gasteiger partial charge in [-0.05, 0) is 45.2 Å². The Kier molecular flexibility index (Phi) is 6.31. The van der Waals surface area contributed by atoms with Crippen LogP contribution in [0.2, 0.25) is 0 Å². The Labute approximate surface area is 142 Å². The molecule has 1 amide bonds. The van der Waals surface area contributed by atoms with E-state index in [-0.39, 0.29) is 5.91 Å². The first-order chi connectivity index (χ1) is 11.6. The summed E-state index contributed by atoms with van der Waals surface area (Å²) in [5, 5.41) is 8.12. The van der Waals surface area contributed by atoms with Crippen LogP contribution in [0, 0.1) is 0 Å². The van der Waals surface area contributed by atoms with Crippen molar-refractivity contribution in [1.82, 2.24) is 20.0 Å². The molecule has 130 valence electrons. The minimum Gasteiger partial charge on any atom is -0.497 e. The molecule has 0 radical (unpaired) electrons. The van der Waals surface area contributed by atoms with E-state index < -0.39 is 0 Å². The van der Waals surface area contributed by atoms with Crippen molar-refractivity contribution in [3.8, 4) is 17.2 Å². The first kappa shape index (κ1) is 17.9. The van der Waals surface area contributed by atoms with Gasteiger partial charge < -0.3 is 14.1 Å². The van der Waals surface area contributed by atoms with E-state index in [1.165, 1.54) is 0 Å². The number of aromatic nitrogens is 2. The van der Waals surface area contributed by atoms with Gasteiger partial charge in [-0.25, -0.2) is 0 Å². The second-order valence-corrected chi connectivity index (χ2v) is 5.47. The standard InChI is InChI=1S/C17H24N4O3/c1-5-21(6-2)16(22)12-20(3)11-15-18-19-17(24-15)13-7-9-14(23-4)10-8-13/h7-10H,5-6,11-12H2,1-4H3. The van der Waals surface area contributed by atoms with E-state index >= 15 is 0 Å². The van der Waals surface area contributed by atoms with E-state index in [4.69, 9.17) is 9.15 Å². The fourth-order valence-electron chi connectivity index (χ4n) is 2.36. The average Bonchev–Trinajstić information content (AvgIpc) is 3.04. The first-order valence-corrected chi connectivity index (χ1v) is 8.00. The van der Waals surface area contributed by atoms with Crippen molar-refractivity contribution < 1.29 is 13.9 Å². The van der Waals surface area contributed by atoms with Crippen LogP contribution < -0.4 is 4.74 Å². The van der Waals surface area contributed by atoms with Gasteiger partial charge in [-0.3, -0.25) is 9.69 Å². The van der Waals surface area contributed by atoms with E-state index in [2.05, 4.69) is 10.2 Å². The molecule has 0 fully saturated rings. The normalized spacial score (nSPS) is 10.9. The number of methoxy groups -OCH3 is 1. The van der Waals surface area contributed by atoms with E-state index in [1.54, 1.807) is 12.0 Å². The molecule has 0 aliphatic rings. The topological polar surface area (TPSA) is 71.7 Å². The van der Waals surface area contributed by atoms with Gasteiger partial charge in [0.05, 0.1) is 20.2 Å². The van der Waals surface area contributed by atoms with Gasteiger partial charge in [-0.2, -0.15) is 0 Å². The van der Waals surface area contributed by atoms with Gasteiger partial charge in [0, 0.05) is 18.7 Å². The maximum absolute atomic E-state index is 12.1. The van der Waals surface area contributed by atoms with Crippen molar-refractivity contribution in [3.05, 3.63) is 30.2 Å². The Hall–Kier alpha value is -2.41. The zero-order valence-electron chi connectivity index (χ0n) is 14.7. The minimum atomic E-state index is 0.0948. The molecule has 0 saturated carbocycles. The Balaban J connectivity index is 1.96. The van der Waals surface area contributed by atoms with Crippen LogP contribution in [-0.2, 0) is 11.3 Å². The lowest BCUT2D eigenvalue weighted by molar-refractivity contribution is -0.131. The van der Waals surface area contributed by atoms with E-state index in [0.717, 1.165) is 11.3 Å². The maximum Gasteiger partial charge on any atom is 0.247 e. The number of benzene rings is 1. The molecule has 2 aromatic rings. The van der Waals surface area contributed by atoms with Crippen LogP contribution in [0.4, 0.5) is 0 Å². The number of amides is 1. The molecule has 0 unspecified atom stereocenters. The third-order valence-electron chi connectivity index (χ3n) is 3.73. The van der Waals surface area contributed by atoms with Gasteiger partial charge >= 0.3 is 0 Å². The zero-order chi connectivity index (χ0) is 17.5. The molecule has 1 aromatic carbocycles. The fraction of sp³-hybridized carbons (Fsp3) is 0.471. The van der Waals surface area contributed by atoms with Gasteiger partial charge in [-0.15, -0.1) is 10.2 Å². The summed E-state index contributed by atoms with van der Waals surface area (Å²) in [7, 11) is 3.48. The molecule has 0 aliphatic heterocycles. The number of hydrogen-bond acceptors (Lipinski definition) is 6. The number of carbonyl (C=O) groups excluding carboxylic acids is 1. The van der Waals surface area contributed by atoms with Gasteiger partial charge in [0.2, 0.25) is 17.7 Å². The molecule has 0 aliphatic carbocycles. The SMILES string of the molecule is CCN(CC)C(=O)CN(C)Cc1nnc(-c2ccc(OC)cc2)o1. The van der Waals surface area contributed by atoms with E-state index in [1.807, 2.05) is 50.1 Å². The van der Waals surface area contributed by atoms with Gasteiger partial charge in [0.25, 0.3) is 0 Å². The number of nitrogens with zero attached hydrogens (tertiary/aromatic N) is 4. The third kappa shape index (κ3) is 4.55. The van der Waals surface area contributed by atoms with Crippen LogP contribution in [0.5, 0.6) is 5.75 Å². The maximum atomic E-state index is 12.1. The zero-order valence-corrected chi connectivity index (χ0v) is 14.7. The molecule has 2 rings (SSSR count). The second kappa shape index (κ2) is 8.44. The Morgan fingerprint density at radius 1 is 1.17 bits per heavy atom. The van der Waals surface area contributed by atoms with Gasteiger partial charge in [0.1, 0.15) is 5.75 Å². The van der Waals surface area contributed by atoms with Crippen LogP contribution in [0.3, 0.4) is 0 Å². The Morgan fingerprint density at radius 3 is 2.42 bits per heavy atom. The van der Waals surface area contributed by atoms with Crippen molar-refractivity contribution in [2.45, 2.75) is 20.4 Å². The van der Waals surface area contributed by atoms with Crippen LogP contribution in [0.1, 0.15) is 19.7 Å². The molecular formula is C17H24N4O3. The van der Waals surface area contributed by atoms with Crippen molar-refractivity contribution in [1.29, 1.82) is 0 Å². The minimum absolute atomic E-state index is 0.0948. The average molecular weight is 332 g/mol. The molecule has 1 aromatic heterocycles. The van der Waals surface area contributed by atoms with Crippen LogP contribution >= 0.6 is 0 Å². The molecule has 7 heteroatoms. The molecule has 0 atom stereocenters. The van der Waals surface area contributed by atoms with Crippen molar-refractivity contribution >= 4 is 5.91 Å². The molecule has 7 nitrogen and oxygen atoms in total. The van der Waals surface area contributed by atoms with Crippen LogP contribution in [-0.4, -0.2) is 59.7 Å². The molecular weight excluding hydrogens is 308 g/mol. The van der Waals surface area contributed by atoms with E-state index in [0.29, 0.717) is 38.0 Å². The first-order valence-electron chi connectivity index (χ1n) is 8.00. The number of rotatable bonds is 8. The fourth-order valence-corrected chi connectivity index (χ4v) is 2.36. The number of ether oxygens (including phenoxy) is 1. The quantitative estimate of drug-likeness (QED) is 0.737. The lowest BCUT2D eigenvalue weighted by atomic mass is 10.2. The summed E-state index contributed by atoms with van der Waals surface area (Å²) in [6.45, 7) is 6.12. The summed E-state index contributed by atoms with van der Waals surface area (Å²) in [4.78, 5) is 15.8. The summed E-state index contributed by atoms with van der Waals surface area (Å²) >= 11 is 0. The predicted octanol–water partition coefficient (Wildman–Crippen LogP) is 2.05. The molecule has 1 heterocycles. The largest absolute Gasteiger partial charge is 0.497 e. The lowest BCUT2D eigenvalue weighted by Gasteiger charge is -2.22. The highest BCUT2D eigenvalue weighted by atomic mass is 16.5.